The summed E-state index contributed by atoms with van der Waals surface area (Å²) in [6.45, 7) is 7.26. The van der Waals surface area contributed by atoms with Gasteiger partial charge in [0.15, 0.2) is 11.4 Å². The number of sulfonamides is 1. The molecule has 2 aromatic rings. The Labute approximate surface area is 364 Å². The number of alkyl halides is 3. The molecular formula is C44H56F3N5O10S. The van der Waals surface area contributed by atoms with E-state index in [0.29, 0.717) is 75.7 Å². The molecule has 2 aliphatic carbocycles. The van der Waals surface area contributed by atoms with Gasteiger partial charge in [0.1, 0.15) is 40.7 Å². The summed E-state index contributed by atoms with van der Waals surface area (Å²) >= 11 is 0. The summed E-state index contributed by atoms with van der Waals surface area (Å²) in [5.41, 5.74) is -5.02. The van der Waals surface area contributed by atoms with Gasteiger partial charge in [-0.05, 0) is 97.3 Å². The van der Waals surface area contributed by atoms with Crippen LogP contribution in [-0.4, -0.2) is 102 Å². The van der Waals surface area contributed by atoms with Crippen LogP contribution < -0.4 is 24.8 Å². The first kappa shape index (κ1) is 44.9. The molecule has 1 spiro atoms. The maximum absolute atomic E-state index is 15.0. The molecule has 15 nitrogen and oxygen atoms in total. The summed E-state index contributed by atoms with van der Waals surface area (Å²) in [7, 11) is -4.10. The van der Waals surface area contributed by atoms with E-state index in [1.165, 1.54) is 17.9 Å². The highest BCUT2D eigenvalue weighted by Crippen LogP contribution is 2.51. The normalized spacial score (nSPS) is 29.4. The average Bonchev–Trinajstić information content (AvgIpc) is 4.10. The third kappa shape index (κ3) is 9.31. The molecule has 8 rings (SSSR count). The number of benzene rings is 1. The van der Waals surface area contributed by atoms with Gasteiger partial charge in [0.2, 0.25) is 21.8 Å². The van der Waals surface area contributed by atoms with Crippen molar-refractivity contribution in [1.29, 1.82) is 0 Å². The van der Waals surface area contributed by atoms with Crippen LogP contribution in [0.25, 0.3) is 10.9 Å². The lowest BCUT2D eigenvalue weighted by Crippen LogP contribution is -2.58. The quantitative estimate of drug-likeness (QED) is 0.299. The minimum absolute atomic E-state index is 0.0595. The number of nitrogens with one attached hydrogen (secondary N) is 3. The van der Waals surface area contributed by atoms with Crippen LogP contribution in [0.3, 0.4) is 0 Å². The van der Waals surface area contributed by atoms with Gasteiger partial charge in [-0.1, -0.05) is 25.0 Å². The van der Waals surface area contributed by atoms with Crippen molar-refractivity contribution in [2.75, 3.05) is 19.8 Å². The van der Waals surface area contributed by atoms with Crippen LogP contribution >= 0.6 is 0 Å². The van der Waals surface area contributed by atoms with E-state index >= 15 is 0 Å². The molecular weight excluding hydrogens is 848 g/mol. The SMILES string of the molecule is CC(C)(C)OC(=O)N[C@H]1CCCCC/C=C\[C@@H]2C[C@@]2(C(=O)NS(=O)(=O)C2(C)CC2)NC(=O)[C@@H]2C[C@]3(CCc4c(c(C(F)(F)F)nc5ccc(OC6CCOCC6)cc45)O3)CN2C1=O. The number of fused-ring (bicyclic) bond motifs is 5. The lowest BCUT2D eigenvalue weighted by molar-refractivity contribution is -0.144. The van der Waals surface area contributed by atoms with Crippen LogP contribution in [0.15, 0.2) is 30.4 Å². The fourth-order valence-electron chi connectivity index (χ4n) is 9.21. The smallest absolute Gasteiger partial charge is 0.437 e. The summed E-state index contributed by atoms with van der Waals surface area (Å²) in [5.74, 6) is -3.02. The predicted molar refractivity (Wildman–Crippen MR) is 222 cm³/mol. The Morgan fingerprint density at radius 2 is 1.76 bits per heavy atom. The van der Waals surface area contributed by atoms with Crippen LogP contribution in [0.2, 0.25) is 0 Å². The molecule has 0 unspecified atom stereocenters. The maximum Gasteiger partial charge on any atom is 0.437 e. The second-order valence-electron chi connectivity index (χ2n) is 19.3. The Hall–Kier alpha value is -4.65. The zero-order valence-corrected chi connectivity index (χ0v) is 36.8. The fourth-order valence-corrected chi connectivity index (χ4v) is 10.5. The van der Waals surface area contributed by atoms with Crippen LogP contribution in [0.5, 0.6) is 11.5 Å². The number of aryl methyl sites for hydroxylation is 1. The molecule has 3 N–H and O–H groups in total. The summed E-state index contributed by atoms with van der Waals surface area (Å²) in [6, 6.07) is 2.14. The molecule has 2 saturated carbocycles. The van der Waals surface area contributed by atoms with Gasteiger partial charge in [0.05, 0.1) is 30.0 Å². The van der Waals surface area contributed by atoms with E-state index in [9.17, 15) is 40.8 Å². The Balaban J connectivity index is 1.15. The third-order valence-electron chi connectivity index (χ3n) is 13.2. The van der Waals surface area contributed by atoms with Crippen molar-refractivity contribution in [3.8, 4) is 11.5 Å². The van der Waals surface area contributed by atoms with E-state index in [0.717, 1.165) is 0 Å². The number of hydrogen-bond donors (Lipinski definition) is 3. The first-order chi connectivity index (χ1) is 29.6. The molecule has 5 atom stereocenters. The summed E-state index contributed by atoms with van der Waals surface area (Å²) < 4.78 is 96.1. The minimum atomic E-state index is -4.95. The molecule has 0 radical (unpaired) electrons. The van der Waals surface area contributed by atoms with E-state index in [2.05, 4.69) is 20.3 Å². The van der Waals surface area contributed by atoms with Crippen molar-refractivity contribution >= 4 is 44.7 Å². The number of hydrogen-bond acceptors (Lipinski definition) is 11. The zero-order valence-electron chi connectivity index (χ0n) is 36.0. The van der Waals surface area contributed by atoms with Crippen molar-refractivity contribution in [2.45, 2.75) is 157 Å². The molecule has 4 aliphatic heterocycles. The van der Waals surface area contributed by atoms with Crippen molar-refractivity contribution in [2.24, 2.45) is 5.92 Å². The van der Waals surface area contributed by atoms with Gasteiger partial charge in [-0.15, -0.1) is 0 Å². The first-order valence-corrected chi connectivity index (χ1v) is 23.4. The molecule has 5 heterocycles. The highest BCUT2D eigenvalue weighted by atomic mass is 32.2. The van der Waals surface area contributed by atoms with Gasteiger partial charge in [-0.3, -0.25) is 19.1 Å². The molecule has 4 fully saturated rings. The molecule has 344 valence electrons. The number of amides is 4. The van der Waals surface area contributed by atoms with Gasteiger partial charge in [0, 0.05) is 36.1 Å². The molecule has 19 heteroatoms. The van der Waals surface area contributed by atoms with Crippen LogP contribution in [0, 0.1) is 5.92 Å². The van der Waals surface area contributed by atoms with Crippen LogP contribution in [0.1, 0.15) is 116 Å². The summed E-state index contributed by atoms with van der Waals surface area (Å²) in [4.78, 5) is 62.0. The van der Waals surface area contributed by atoms with Crippen molar-refractivity contribution in [3.05, 3.63) is 41.6 Å². The largest absolute Gasteiger partial charge is 0.490 e. The van der Waals surface area contributed by atoms with E-state index in [1.54, 1.807) is 39.0 Å². The molecule has 4 amide bonds. The van der Waals surface area contributed by atoms with E-state index in [1.807, 2.05) is 6.08 Å². The molecule has 1 aromatic heterocycles. The number of nitrogens with zero attached hydrogens (tertiary/aromatic N) is 2. The van der Waals surface area contributed by atoms with Gasteiger partial charge < -0.3 is 34.5 Å². The number of halogens is 3. The number of ether oxygens (including phenoxy) is 4. The Kier molecular flexibility index (Phi) is 11.7. The standard InChI is InChI=1S/C44H56F3N5O10S/c1-40(2,3)62-39(56)49-32-11-9-7-5-6-8-10-26-23-43(26,38(55)51-63(57,58)41(4)18-19-41)50-36(53)33-24-42(25-52(33)37(32)54)17-14-29-30-22-28(60-27-15-20-59-21-16-27)12-13-31(30)48-35(34(29)61-42)44(45,46)47/h8,10,12-13,22,26-27,32-33H,5-7,9,11,14-21,23-25H2,1-4H3,(H,49,56)(H,50,53)(H,51,55)/b10-8-/t26-,32+,33+,42-,43-/m1/s1. The molecule has 6 aliphatic rings. The van der Waals surface area contributed by atoms with Crippen LogP contribution in [0.4, 0.5) is 18.0 Å². The Morgan fingerprint density at radius 3 is 2.46 bits per heavy atom. The van der Waals surface area contributed by atoms with Crippen LogP contribution in [-0.2, 0) is 46.5 Å². The average molecular weight is 904 g/mol. The van der Waals surface area contributed by atoms with E-state index < -0.39 is 90.9 Å². The van der Waals surface area contributed by atoms with Gasteiger partial charge in [0.25, 0.3) is 5.91 Å². The monoisotopic (exact) mass is 903 g/mol. The lowest BCUT2D eigenvalue weighted by atomic mass is 9.87. The number of aromatic nitrogens is 1. The van der Waals surface area contributed by atoms with Crippen molar-refractivity contribution < 1.29 is 59.7 Å². The van der Waals surface area contributed by atoms with Gasteiger partial charge >= 0.3 is 12.3 Å². The zero-order chi connectivity index (χ0) is 45.2. The summed E-state index contributed by atoms with van der Waals surface area (Å²) in [6.07, 6.45) is 2.37. The first-order valence-electron chi connectivity index (χ1n) is 21.9. The lowest BCUT2D eigenvalue weighted by Gasteiger charge is -2.37. The number of alkyl carbamates (subject to hydrolysis) is 1. The third-order valence-corrected chi connectivity index (χ3v) is 15.4. The van der Waals surface area contributed by atoms with E-state index in [-0.39, 0.29) is 55.8 Å². The van der Waals surface area contributed by atoms with Gasteiger partial charge in [-0.2, -0.15) is 13.2 Å². The number of carbonyl (C=O) groups is 4. The topological polar surface area (TPSA) is 192 Å². The van der Waals surface area contributed by atoms with Gasteiger partial charge in [-0.25, -0.2) is 18.2 Å². The summed E-state index contributed by atoms with van der Waals surface area (Å²) in [5, 5.41) is 5.90. The van der Waals surface area contributed by atoms with Crippen molar-refractivity contribution in [1.82, 2.24) is 25.2 Å². The number of rotatable bonds is 6. The number of allylic oxidation sites excluding steroid dienone is 1. The van der Waals surface area contributed by atoms with E-state index in [4.69, 9.17) is 18.9 Å². The van der Waals surface area contributed by atoms with Crippen molar-refractivity contribution in [3.63, 3.8) is 0 Å². The molecule has 1 aromatic carbocycles. The Bertz CT molecular complexity index is 2310. The molecule has 63 heavy (non-hydrogen) atoms. The number of pyridine rings is 1. The predicted octanol–water partition coefficient (Wildman–Crippen LogP) is 5.76. The number of carbonyl (C=O) groups excluding carboxylic acids is 4. The fraction of sp³-hybridized carbons (Fsp3) is 0.659. The highest BCUT2D eigenvalue weighted by Gasteiger charge is 2.64. The second kappa shape index (κ2) is 16.4. The molecule has 2 saturated heterocycles. The maximum atomic E-state index is 15.0. The minimum Gasteiger partial charge on any atom is -0.490 e. The highest BCUT2D eigenvalue weighted by molar-refractivity contribution is 7.91. The Morgan fingerprint density at radius 1 is 1.02 bits per heavy atom. The second-order valence-corrected chi connectivity index (χ2v) is 21.5. The molecule has 0 bridgehead atoms.